The van der Waals surface area contributed by atoms with Crippen molar-refractivity contribution in [2.45, 2.75) is 13.0 Å². The topological polar surface area (TPSA) is 110 Å². The zero-order chi connectivity index (χ0) is 21.5. The van der Waals surface area contributed by atoms with Crippen molar-refractivity contribution >= 4 is 5.69 Å². The van der Waals surface area contributed by atoms with E-state index in [2.05, 4.69) is 15.0 Å². The highest BCUT2D eigenvalue weighted by molar-refractivity contribution is 5.72. The molecule has 2 heterocycles. The summed E-state index contributed by atoms with van der Waals surface area (Å²) < 4.78 is 23.5. The average Bonchev–Trinajstić information content (AvgIpc) is 2.76. The van der Waals surface area contributed by atoms with Gasteiger partial charge < -0.3 is 14.2 Å². The maximum absolute atomic E-state index is 11.6. The first-order chi connectivity index (χ1) is 14.5. The molecule has 3 rings (SSSR count). The molecule has 3 aromatic rings. The fraction of sp³-hybridized carbons (Fsp3) is 0.250. The summed E-state index contributed by atoms with van der Waals surface area (Å²) in [6.07, 6.45) is 3.56. The predicted octanol–water partition coefficient (Wildman–Crippen LogP) is 3.22. The number of methoxy groups -OCH3 is 2. The largest absolute Gasteiger partial charge is 0.494 e. The van der Waals surface area contributed by atoms with Crippen molar-refractivity contribution in [2.75, 3.05) is 20.8 Å². The van der Waals surface area contributed by atoms with Crippen molar-refractivity contribution in [3.05, 3.63) is 70.3 Å². The Bertz CT molecular complexity index is 1030. The summed E-state index contributed by atoms with van der Waals surface area (Å²) in [6.45, 7) is 0.565. The molecule has 0 aliphatic rings. The van der Waals surface area contributed by atoms with Gasteiger partial charge in [0.05, 0.1) is 57.4 Å². The van der Waals surface area contributed by atoms with Crippen LogP contribution in [0.25, 0.3) is 11.4 Å². The van der Waals surface area contributed by atoms with Crippen molar-refractivity contribution in [3.63, 3.8) is 0 Å². The van der Waals surface area contributed by atoms with Crippen LogP contribution in [0.4, 0.5) is 5.69 Å². The molecule has 0 N–H and O–H groups in total. The number of nitro benzene ring substituents is 1. The van der Waals surface area contributed by atoms with Crippen LogP contribution in [-0.4, -0.2) is 40.7 Å². The van der Waals surface area contributed by atoms with Crippen LogP contribution in [0.5, 0.6) is 11.5 Å². The highest BCUT2D eigenvalue weighted by atomic mass is 16.6. The van der Waals surface area contributed by atoms with Gasteiger partial charge in [0.1, 0.15) is 0 Å². The number of hydrogen-bond donors (Lipinski definition) is 0. The quantitative estimate of drug-likeness (QED) is 0.307. The number of ether oxygens (including phenoxy) is 3. The van der Waals surface area contributed by atoms with Crippen molar-refractivity contribution in [1.82, 2.24) is 15.0 Å². The fourth-order valence-corrected chi connectivity index (χ4v) is 2.70. The number of hydrogen-bond acceptors (Lipinski definition) is 8. The van der Waals surface area contributed by atoms with Gasteiger partial charge in [-0.3, -0.25) is 15.1 Å². The van der Waals surface area contributed by atoms with Gasteiger partial charge in [-0.1, -0.05) is 6.07 Å². The lowest BCUT2D eigenvalue weighted by atomic mass is 10.0. The van der Waals surface area contributed by atoms with Gasteiger partial charge in [0.2, 0.25) is 5.75 Å². The van der Waals surface area contributed by atoms with Gasteiger partial charge >= 0.3 is 5.69 Å². The molecule has 29 heavy (non-hydrogen) atoms. The minimum atomic E-state index is -0.500. The highest BCUT2D eigenvalue weighted by Crippen LogP contribution is 2.38. The zero-order valence-corrected chi connectivity index (χ0v) is 16.0. The van der Waals surface area contributed by atoms with Crippen LogP contribution in [0.3, 0.4) is 0 Å². The van der Waals surface area contributed by atoms with Crippen LogP contribution in [0.2, 0.25) is 0 Å². The van der Waals surface area contributed by atoms with Crippen LogP contribution in [0.15, 0.2) is 48.9 Å². The standard InChI is InChI=1S/C20H20N4O5/c1-27-16-11-22-20(23-12-16)17-9-14(10-18(24(25)26)19(17)28-2)6-8-29-13-15-5-3-4-7-21-15/h3-5,7,9-12H,6,8,13H2,1-2H3/i7D. The first kappa shape index (κ1) is 18.8. The summed E-state index contributed by atoms with van der Waals surface area (Å²) in [5.41, 5.74) is 1.57. The smallest absolute Gasteiger partial charge is 0.311 e. The van der Waals surface area contributed by atoms with Gasteiger partial charge in [-0.2, -0.15) is 0 Å². The van der Waals surface area contributed by atoms with E-state index < -0.39 is 4.92 Å². The Morgan fingerprint density at radius 2 is 1.93 bits per heavy atom. The second-order valence-electron chi connectivity index (χ2n) is 5.96. The molecule has 0 saturated carbocycles. The van der Waals surface area contributed by atoms with Crippen LogP contribution >= 0.6 is 0 Å². The van der Waals surface area contributed by atoms with Gasteiger partial charge in [0.25, 0.3) is 0 Å². The number of nitro groups is 1. The van der Waals surface area contributed by atoms with Gasteiger partial charge in [-0.15, -0.1) is 0 Å². The molecule has 0 spiro atoms. The predicted molar refractivity (Wildman–Crippen MR) is 105 cm³/mol. The summed E-state index contributed by atoms with van der Waals surface area (Å²) in [4.78, 5) is 23.6. The lowest BCUT2D eigenvalue weighted by molar-refractivity contribution is -0.385. The number of pyridine rings is 1. The third-order valence-corrected chi connectivity index (χ3v) is 4.09. The van der Waals surface area contributed by atoms with E-state index in [1.54, 1.807) is 24.3 Å². The lowest BCUT2D eigenvalue weighted by Gasteiger charge is -2.11. The van der Waals surface area contributed by atoms with Gasteiger partial charge in [-0.05, 0) is 30.2 Å². The molecule has 0 atom stereocenters. The molecule has 150 valence electrons. The number of aromatic nitrogens is 3. The molecule has 0 aliphatic heterocycles. The lowest BCUT2D eigenvalue weighted by Crippen LogP contribution is -2.04. The Balaban J connectivity index is 1.81. The number of benzene rings is 1. The van der Waals surface area contributed by atoms with E-state index in [1.165, 1.54) is 32.7 Å². The number of rotatable bonds is 9. The van der Waals surface area contributed by atoms with E-state index >= 15 is 0 Å². The minimum absolute atomic E-state index is 0.0892. The van der Waals surface area contributed by atoms with Gasteiger partial charge in [-0.25, -0.2) is 9.97 Å². The van der Waals surface area contributed by atoms with E-state index in [0.29, 0.717) is 35.6 Å². The molecule has 9 nitrogen and oxygen atoms in total. The van der Waals surface area contributed by atoms with E-state index in [-0.39, 0.29) is 30.0 Å². The third kappa shape index (κ3) is 5.02. The summed E-state index contributed by atoms with van der Waals surface area (Å²) >= 11 is 0. The van der Waals surface area contributed by atoms with Crippen molar-refractivity contribution in [1.29, 1.82) is 0 Å². The zero-order valence-electron chi connectivity index (χ0n) is 17.0. The number of nitrogens with zero attached hydrogens (tertiary/aromatic N) is 4. The normalized spacial score (nSPS) is 11.0. The molecular weight excluding hydrogens is 376 g/mol. The minimum Gasteiger partial charge on any atom is -0.494 e. The van der Waals surface area contributed by atoms with Gasteiger partial charge in [0, 0.05) is 12.2 Å². The SMILES string of the molecule is [2H]c1cccc(COCCc2cc(-c3ncc(OC)cn3)c(OC)c([N+](=O)[O-])c2)n1. The Morgan fingerprint density at radius 1 is 1.14 bits per heavy atom. The van der Waals surface area contributed by atoms with E-state index in [9.17, 15) is 10.1 Å². The molecule has 0 amide bonds. The summed E-state index contributed by atoms with van der Waals surface area (Å²) in [5, 5.41) is 11.6. The maximum Gasteiger partial charge on any atom is 0.311 e. The van der Waals surface area contributed by atoms with Crippen LogP contribution in [0.1, 0.15) is 12.6 Å². The Hall–Kier alpha value is -3.59. The highest BCUT2D eigenvalue weighted by Gasteiger charge is 2.23. The van der Waals surface area contributed by atoms with Crippen molar-refractivity contribution in [3.8, 4) is 22.9 Å². The summed E-state index contributed by atoms with van der Waals surface area (Å²) in [7, 11) is 2.87. The van der Waals surface area contributed by atoms with Crippen LogP contribution in [0, 0.1) is 10.1 Å². The fourth-order valence-electron chi connectivity index (χ4n) is 2.70. The first-order valence-electron chi connectivity index (χ1n) is 9.23. The Kier molecular flexibility index (Phi) is 6.18. The Labute approximate surface area is 168 Å². The molecule has 2 aromatic heterocycles. The van der Waals surface area contributed by atoms with Crippen molar-refractivity contribution in [2.24, 2.45) is 0 Å². The monoisotopic (exact) mass is 397 g/mol. The van der Waals surface area contributed by atoms with Crippen LogP contribution in [-0.2, 0) is 17.8 Å². The maximum atomic E-state index is 11.6. The van der Waals surface area contributed by atoms with Crippen LogP contribution < -0.4 is 9.47 Å². The molecule has 0 unspecified atom stereocenters. The molecule has 0 saturated heterocycles. The Morgan fingerprint density at radius 3 is 2.59 bits per heavy atom. The second-order valence-corrected chi connectivity index (χ2v) is 5.96. The summed E-state index contributed by atoms with van der Waals surface area (Å²) in [5.74, 6) is 0.850. The van der Waals surface area contributed by atoms with Gasteiger partial charge in [0.15, 0.2) is 11.6 Å². The molecule has 0 bridgehead atoms. The molecular formula is C20H20N4O5. The first-order valence-corrected chi connectivity index (χ1v) is 8.73. The molecule has 9 heteroatoms. The van der Waals surface area contributed by atoms with Crippen molar-refractivity contribution < 1.29 is 20.5 Å². The third-order valence-electron chi connectivity index (χ3n) is 4.09. The molecule has 0 fully saturated rings. The molecule has 0 radical (unpaired) electrons. The molecule has 1 aromatic carbocycles. The van der Waals surface area contributed by atoms with E-state index in [4.69, 9.17) is 15.6 Å². The molecule has 0 aliphatic carbocycles. The summed E-state index contributed by atoms with van der Waals surface area (Å²) in [6, 6.07) is 8.30. The second kappa shape index (κ2) is 9.56. The average molecular weight is 397 g/mol. The van der Waals surface area contributed by atoms with E-state index in [0.717, 1.165) is 0 Å². The van der Waals surface area contributed by atoms with E-state index in [1.807, 2.05) is 0 Å².